The van der Waals surface area contributed by atoms with Crippen LogP contribution < -0.4 is 5.32 Å². The molecular weight excluding hydrogens is 248 g/mol. The highest BCUT2D eigenvalue weighted by Crippen LogP contribution is 2.13. The molecule has 0 amide bonds. The fraction of sp³-hybridized carbons (Fsp3) is 0.412. The quantitative estimate of drug-likeness (QED) is 0.798. The van der Waals surface area contributed by atoms with Gasteiger partial charge in [-0.05, 0) is 30.8 Å². The molecule has 3 nitrogen and oxygen atoms in total. The molecule has 1 aromatic carbocycles. The van der Waals surface area contributed by atoms with E-state index in [1.54, 1.807) is 0 Å². The van der Waals surface area contributed by atoms with Crippen molar-refractivity contribution in [2.45, 2.75) is 33.5 Å². The van der Waals surface area contributed by atoms with Crippen molar-refractivity contribution in [3.63, 3.8) is 0 Å². The number of furan rings is 1. The molecule has 20 heavy (non-hydrogen) atoms. The first-order chi connectivity index (χ1) is 9.81. The smallest absolute Gasteiger partial charge is 0.118 e. The summed E-state index contributed by atoms with van der Waals surface area (Å²) >= 11 is 0. The minimum atomic E-state index is 0.807. The fourth-order valence-electron chi connectivity index (χ4n) is 2.19. The lowest BCUT2D eigenvalue weighted by Crippen LogP contribution is -2.22. The van der Waals surface area contributed by atoms with Gasteiger partial charge in [-0.15, -0.1) is 0 Å². The van der Waals surface area contributed by atoms with Gasteiger partial charge in [-0.1, -0.05) is 44.2 Å². The number of hydrogen-bond donors (Lipinski definition) is 1. The predicted octanol–water partition coefficient (Wildman–Crippen LogP) is 3.41. The van der Waals surface area contributed by atoms with Crippen molar-refractivity contribution in [3.8, 4) is 0 Å². The van der Waals surface area contributed by atoms with Gasteiger partial charge in [0, 0.05) is 6.54 Å². The van der Waals surface area contributed by atoms with E-state index in [9.17, 15) is 0 Å². The number of nitrogens with one attached hydrogen (secondary N) is 1. The lowest BCUT2D eigenvalue weighted by atomic mass is 10.2. The second-order valence-electron chi connectivity index (χ2n) is 4.94. The lowest BCUT2D eigenvalue weighted by molar-refractivity contribution is 0.244. The van der Waals surface area contributed by atoms with E-state index >= 15 is 0 Å². The van der Waals surface area contributed by atoms with E-state index in [0.717, 1.165) is 44.2 Å². The Morgan fingerprint density at radius 1 is 0.950 bits per heavy atom. The summed E-state index contributed by atoms with van der Waals surface area (Å²) < 4.78 is 5.85. The summed E-state index contributed by atoms with van der Waals surface area (Å²) in [7, 11) is 0. The van der Waals surface area contributed by atoms with Crippen molar-refractivity contribution in [3.05, 3.63) is 59.5 Å². The van der Waals surface area contributed by atoms with Gasteiger partial charge in [0.05, 0.1) is 13.1 Å². The van der Waals surface area contributed by atoms with Crippen molar-refractivity contribution < 1.29 is 4.42 Å². The largest absolute Gasteiger partial charge is 0.463 e. The maximum absolute atomic E-state index is 5.85. The molecule has 0 fully saturated rings. The monoisotopic (exact) mass is 272 g/mol. The highest BCUT2D eigenvalue weighted by molar-refractivity contribution is 5.15. The van der Waals surface area contributed by atoms with Crippen molar-refractivity contribution in [2.24, 2.45) is 0 Å². The van der Waals surface area contributed by atoms with Gasteiger partial charge in [-0.25, -0.2) is 0 Å². The van der Waals surface area contributed by atoms with Crippen LogP contribution in [-0.2, 0) is 19.6 Å². The molecule has 0 saturated heterocycles. The highest BCUT2D eigenvalue weighted by Gasteiger charge is 2.08. The molecule has 1 aromatic heterocycles. The van der Waals surface area contributed by atoms with Crippen LogP contribution in [0.3, 0.4) is 0 Å². The minimum Gasteiger partial charge on any atom is -0.463 e. The van der Waals surface area contributed by atoms with Crippen LogP contribution in [0.15, 0.2) is 46.9 Å². The van der Waals surface area contributed by atoms with E-state index in [-0.39, 0.29) is 0 Å². The van der Waals surface area contributed by atoms with Gasteiger partial charge in [0.1, 0.15) is 11.5 Å². The van der Waals surface area contributed by atoms with Crippen molar-refractivity contribution >= 4 is 0 Å². The zero-order valence-corrected chi connectivity index (χ0v) is 12.4. The Bertz CT molecular complexity index is 493. The first kappa shape index (κ1) is 14.8. The first-order valence-electron chi connectivity index (χ1n) is 7.36. The van der Waals surface area contributed by atoms with Crippen LogP contribution in [0, 0.1) is 0 Å². The van der Waals surface area contributed by atoms with Crippen LogP contribution >= 0.6 is 0 Å². The second kappa shape index (κ2) is 7.88. The number of rotatable bonds is 8. The molecular formula is C17H24N2O. The van der Waals surface area contributed by atoms with Gasteiger partial charge >= 0.3 is 0 Å². The zero-order valence-electron chi connectivity index (χ0n) is 12.4. The van der Waals surface area contributed by atoms with Crippen LogP contribution in [0.4, 0.5) is 0 Å². The third-order valence-electron chi connectivity index (χ3n) is 3.34. The Hall–Kier alpha value is -1.58. The van der Waals surface area contributed by atoms with Gasteiger partial charge < -0.3 is 9.73 Å². The van der Waals surface area contributed by atoms with Crippen molar-refractivity contribution in [1.29, 1.82) is 0 Å². The molecule has 0 aliphatic heterocycles. The third-order valence-corrected chi connectivity index (χ3v) is 3.34. The molecule has 108 valence electrons. The van der Waals surface area contributed by atoms with Crippen LogP contribution in [0.1, 0.15) is 30.9 Å². The van der Waals surface area contributed by atoms with E-state index in [1.807, 2.05) is 0 Å². The maximum Gasteiger partial charge on any atom is 0.118 e. The molecule has 0 radical (unpaired) electrons. The first-order valence-corrected chi connectivity index (χ1v) is 7.36. The molecule has 1 heterocycles. The summed E-state index contributed by atoms with van der Waals surface area (Å²) in [5, 5.41) is 3.28. The lowest BCUT2D eigenvalue weighted by Gasteiger charge is -2.19. The van der Waals surface area contributed by atoms with Crippen LogP contribution in [0.25, 0.3) is 0 Å². The molecule has 0 bridgehead atoms. The average Bonchev–Trinajstić information content (AvgIpc) is 2.93. The van der Waals surface area contributed by atoms with E-state index in [4.69, 9.17) is 4.42 Å². The Balaban J connectivity index is 1.91. The minimum absolute atomic E-state index is 0.807. The number of benzene rings is 1. The Kier molecular flexibility index (Phi) is 5.84. The summed E-state index contributed by atoms with van der Waals surface area (Å²) in [6.45, 7) is 8.89. The molecule has 2 aromatic rings. The Labute approximate surface area is 121 Å². The van der Waals surface area contributed by atoms with E-state index in [0.29, 0.717) is 0 Å². The number of hydrogen-bond acceptors (Lipinski definition) is 3. The van der Waals surface area contributed by atoms with Gasteiger partial charge in [-0.3, -0.25) is 4.90 Å². The van der Waals surface area contributed by atoms with E-state index in [2.05, 4.69) is 66.5 Å². The van der Waals surface area contributed by atoms with E-state index < -0.39 is 0 Å². The molecule has 3 heteroatoms. The summed E-state index contributed by atoms with van der Waals surface area (Å²) in [6.07, 6.45) is 0. The Morgan fingerprint density at radius 2 is 1.70 bits per heavy atom. The van der Waals surface area contributed by atoms with Crippen LogP contribution in [0.2, 0.25) is 0 Å². The average molecular weight is 272 g/mol. The summed E-state index contributed by atoms with van der Waals surface area (Å²) in [4.78, 5) is 2.38. The zero-order chi connectivity index (χ0) is 14.2. The standard InChI is InChI=1S/C17H24N2O/c1-3-18-12-16-10-11-17(20-16)14-19(4-2)13-15-8-6-5-7-9-15/h5-11,18H,3-4,12-14H2,1-2H3. The molecule has 0 atom stereocenters. The third kappa shape index (κ3) is 4.51. The maximum atomic E-state index is 5.85. The summed E-state index contributed by atoms with van der Waals surface area (Å²) in [5.41, 5.74) is 1.34. The summed E-state index contributed by atoms with van der Waals surface area (Å²) in [6, 6.07) is 14.7. The van der Waals surface area contributed by atoms with Gasteiger partial charge in [0.2, 0.25) is 0 Å². The van der Waals surface area contributed by atoms with E-state index in [1.165, 1.54) is 5.56 Å². The molecule has 0 aliphatic carbocycles. The highest BCUT2D eigenvalue weighted by atomic mass is 16.3. The van der Waals surface area contributed by atoms with Gasteiger partial charge in [-0.2, -0.15) is 0 Å². The predicted molar refractivity (Wildman–Crippen MR) is 82.3 cm³/mol. The Morgan fingerprint density at radius 3 is 2.40 bits per heavy atom. The van der Waals surface area contributed by atoms with Crippen molar-refractivity contribution in [1.82, 2.24) is 10.2 Å². The van der Waals surface area contributed by atoms with Crippen LogP contribution in [0.5, 0.6) is 0 Å². The molecule has 2 rings (SSSR count). The summed E-state index contributed by atoms with van der Waals surface area (Å²) in [5.74, 6) is 2.05. The van der Waals surface area contributed by atoms with Crippen molar-refractivity contribution in [2.75, 3.05) is 13.1 Å². The molecule has 0 spiro atoms. The normalized spacial score (nSPS) is 11.2. The van der Waals surface area contributed by atoms with Gasteiger partial charge in [0.25, 0.3) is 0 Å². The fourth-order valence-corrected chi connectivity index (χ4v) is 2.19. The topological polar surface area (TPSA) is 28.4 Å². The van der Waals surface area contributed by atoms with Crippen LogP contribution in [-0.4, -0.2) is 18.0 Å². The number of nitrogens with zero attached hydrogens (tertiary/aromatic N) is 1. The molecule has 1 N–H and O–H groups in total. The van der Waals surface area contributed by atoms with Gasteiger partial charge in [0.15, 0.2) is 0 Å². The SMILES string of the molecule is CCNCc1ccc(CN(CC)Cc2ccccc2)o1. The molecule has 0 unspecified atom stereocenters. The molecule has 0 aliphatic rings. The second-order valence-corrected chi connectivity index (χ2v) is 4.94. The molecule has 0 saturated carbocycles.